The molecule has 1 atom stereocenters. The van der Waals surface area contributed by atoms with E-state index in [1.165, 1.54) is 11.3 Å². The van der Waals surface area contributed by atoms with Gasteiger partial charge in [0.15, 0.2) is 16.3 Å². The average molecular weight is 465 g/mol. The van der Waals surface area contributed by atoms with Gasteiger partial charge in [-0.1, -0.05) is 47.7 Å². The van der Waals surface area contributed by atoms with Gasteiger partial charge in [0.2, 0.25) is 0 Å². The lowest BCUT2D eigenvalue weighted by Gasteiger charge is -2.25. The Morgan fingerprint density at radius 3 is 2.52 bits per heavy atom. The molecule has 33 heavy (non-hydrogen) atoms. The van der Waals surface area contributed by atoms with Crippen LogP contribution in [0, 0.1) is 0 Å². The molecule has 3 aromatic rings. The summed E-state index contributed by atoms with van der Waals surface area (Å²) in [6, 6.07) is 14.2. The maximum absolute atomic E-state index is 13.6. The van der Waals surface area contributed by atoms with Crippen molar-refractivity contribution in [3.63, 3.8) is 0 Å². The van der Waals surface area contributed by atoms with Crippen molar-refractivity contribution in [3.8, 4) is 11.5 Å². The maximum atomic E-state index is 13.6. The Balaban J connectivity index is 1.98. The van der Waals surface area contributed by atoms with Crippen molar-refractivity contribution in [3.05, 3.63) is 90.6 Å². The Labute approximate surface area is 194 Å². The quantitative estimate of drug-likeness (QED) is 0.524. The minimum absolute atomic E-state index is 0.215. The lowest BCUT2D eigenvalue weighted by molar-refractivity contribution is -0.139. The van der Waals surface area contributed by atoms with E-state index in [0.29, 0.717) is 37.7 Å². The molecule has 4 rings (SSSR count). The first-order chi connectivity index (χ1) is 16.0. The molecule has 0 spiro atoms. The fourth-order valence-electron chi connectivity index (χ4n) is 3.83. The summed E-state index contributed by atoms with van der Waals surface area (Å²) in [5.41, 5.74) is 2.21. The Morgan fingerprint density at radius 2 is 1.85 bits per heavy atom. The molecular weight excluding hydrogens is 440 g/mol. The number of esters is 1. The Hall–Kier alpha value is -3.65. The number of aromatic nitrogens is 1. The summed E-state index contributed by atoms with van der Waals surface area (Å²) in [5.74, 6) is 0.547. The Bertz CT molecular complexity index is 1400. The average Bonchev–Trinajstić information content (AvgIpc) is 3.12. The fraction of sp³-hybridized carbons (Fsp3) is 0.240. The third-order valence-corrected chi connectivity index (χ3v) is 6.32. The number of hydrogen-bond acceptors (Lipinski definition) is 7. The molecule has 2 aromatic carbocycles. The van der Waals surface area contributed by atoms with E-state index >= 15 is 0 Å². The minimum atomic E-state index is -0.710. The second-order valence-corrected chi connectivity index (χ2v) is 8.34. The lowest BCUT2D eigenvalue weighted by Crippen LogP contribution is -2.39. The first-order valence-corrected chi connectivity index (χ1v) is 11.3. The van der Waals surface area contributed by atoms with Gasteiger partial charge in [-0.3, -0.25) is 9.36 Å². The first kappa shape index (κ1) is 22.5. The van der Waals surface area contributed by atoms with Crippen molar-refractivity contribution in [1.29, 1.82) is 0 Å². The molecule has 7 nitrogen and oxygen atoms in total. The predicted molar refractivity (Wildman–Crippen MR) is 126 cm³/mol. The van der Waals surface area contributed by atoms with Gasteiger partial charge in [0.1, 0.15) is 0 Å². The topological polar surface area (TPSA) is 79.1 Å². The van der Waals surface area contributed by atoms with Crippen molar-refractivity contribution >= 4 is 23.4 Å². The monoisotopic (exact) mass is 464 g/mol. The third-order valence-electron chi connectivity index (χ3n) is 5.34. The highest BCUT2D eigenvalue weighted by atomic mass is 32.1. The molecular formula is C25H24N2O5S. The number of nitrogens with zero attached hydrogens (tertiary/aromatic N) is 2. The number of fused-ring (bicyclic) bond motifs is 1. The second kappa shape index (κ2) is 9.46. The van der Waals surface area contributed by atoms with E-state index in [0.717, 1.165) is 5.56 Å². The summed E-state index contributed by atoms with van der Waals surface area (Å²) in [5, 5.41) is 0. The summed E-state index contributed by atoms with van der Waals surface area (Å²) in [6.07, 6.45) is 1.83. The molecule has 0 N–H and O–H groups in total. The molecule has 2 heterocycles. The Kier molecular flexibility index (Phi) is 6.46. The third kappa shape index (κ3) is 4.21. The minimum Gasteiger partial charge on any atom is -0.493 e. The molecule has 170 valence electrons. The van der Waals surface area contributed by atoms with Crippen LogP contribution >= 0.6 is 11.3 Å². The summed E-state index contributed by atoms with van der Waals surface area (Å²) in [7, 11) is 3.10. The molecule has 8 heteroatoms. The Morgan fingerprint density at radius 1 is 1.12 bits per heavy atom. The lowest BCUT2D eigenvalue weighted by atomic mass is 9.95. The molecule has 0 saturated carbocycles. The van der Waals surface area contributed by atoms with Gasteiger partial charge in [-0.05, 0) is 43.2 Å². The number of carbonyl (C=O) groups excluding carboxylic acids is 1. The molecule has 0 fully saturated rings. The molecule has 0 unspecified atom stereocenters. The number of benzene rings is 2. The van der Waals surface area contributed by atoms with Crippen LogP contribution in [0.3, 0.4) is 0 Å². The summed E-state index contributed by atoms with van der Waals surface area (Å²) in [6.45, 7) is 3.72. The zero-order valence-electron chi connectivity index (χ0n) is 18.8. The van der Waals surface area contributed by atoms with Gasteiger partial charge in [-0.25, -0.2) is 9.79 Å². The fourth-order valence-corrected chi connectivity index (χ4v) is 4.88. The van der Waals surface area contributed by atoms with Gasteiger partial charge in [-0.15, -0.1) is 0 Å². The van der Waals surface area contributed by atoms with Crippen LogP contribution in [0.25, 0.3) is 6.08 Å². The number of thiazole rings is 1. The van der Waals surface area contributed by atoms with Crippen LogP contribution in [0.4, 0.5) is 0 Å². The molecule has 0 amide bonds. The van der Waals surface area contributed by atoms with E-state index in [1.807, 2.05) is 42.5 Å². The van der Waals surface area contributed by atoms with Gasteiger partial charge in [0.25, 0.3) is 5.56 Å². The van der Waals surface area contributed by atoms with Crippen LogP contribution in [-0.4, -0.2) is 31.4 Å². The van der Waals surface area contributed by atoms with Crippen LogP contribution < -0.4 is 24.4 Å². The van der Waals surface area contributed by atoms with Crippen LogP contribution in [0.15, 0.2) is 69.6 Å². The number of hydrogen-bond donors (Lipinski definition) is 0. The van der Waals surface area contributed by atoms with Crippen LogP contribution in [-0.2, 0) is 9.53 Å². The SMILES string of the molecule is CCOC(=O)C1=C(C)N=c2sc(=Cc3ccccc3)c(=O)n2[C@H]1c1ccc(OC)c(OC)c1. The zero-order valence-corrected chi connectivity index (χ0v) is 19.6. The number of ether oxygens (including phenoxy) is 3. The van der Waals surface area contributed by atoms with Gasteiger partial charge < -0.3 is 14.2 Å². The van der Waals surface area contributed by atoms with Crippen molar-refractivity contribution in [2.24, 2.45) is 4.99 Å². The zero-order chi connectivity index (χ0) is 23.5. The van der Waals surface area contributed by atoms with E-state index in [-0.39, 0.29) is 12.2 Å². The number of carbonyl (C=O) groups is 1. The van der Waals surface area contributed by atoms with Gasteiger partial charge in [0, 0.05) is 0 Å². The number of methoxy groups -OCH3 is 2. The van der Waals surface area contributed by atoms with Gasteiger partial charge in [-0.2, -0.15) is 0 Å². The molecule has 1 aliphatic rings. The highest BCUT2D eigenvalue weighted by Crippen LogP contribution is 2.36. The largest absolute Gasteiger partial charge is 0.493 e. The van der Waals surface area contributed by atoms with Crippen molar-refractivity contribution in [2.75, 3.05) is 20.8 Å². The molecule has 1 aliphatic heterocycles. The number of allylic oxidation sites excluding steroid dienone is 1. The first-order valence-electron chi connectivity index (χ1n) is 10.4. The highest BCUT2D eigenvalue weighted by molar-refractivity contribution is 7.07. The number of rotatable bonds is 6. The van der Waals surface area contributed by atoms with E-state index < -0.39 is 12.0 Å². The van der Waals surface area contributed by atoms with Crippen LogP contribution in [0.2, 0.25) is 0 Å². The predicted octanol–water partition coefficient (Wildman–Crippen LogP) is 2.82. The summed E-state index contributed by atoms with van der Waals surface area (Å²) >= 11 is 1.29. The van der Waals surface area contributed by atoms with Crippen molar-refractivity contribution in [2.45, 2.75) is 19.9 Å². The van der Waals surface area contributed by atoms with E-state index in [9.17, 15) is 9.59 Å². The maximum Gasteiger partial charge on any atom is 0.338 e. The van der Waals surface area contributed by atoms with E-state index in [1.54, 1.807) is 44.8 Å². The smallest absolute Gasteiger partial charge is 0.338 e. The summed E-state index contributed by atoms with van der Waals surface area (Å²) < 4.78 is 18.2. The van der Waals surface area contributed by atoms with Gasteiger partial charge >= 0.3 is 5.97 Å². The van der Waals surface area contributed by atoms with Crippen molar-refractivity contribution in [1.82, 2.24) is 4.57 Å². The molecule has 0 aliphatic carbocycles. The van der Waals surface area contributed by atoms with Gasteiger partial charge in [0.05, 0.1) is 42.7 Å². The molecule has 0 saturated heterocycles. The van der Waals surface area contributed by atoms with E-state index in [4.69, 9.17) is 14.2 Å². The normalized spacial score (nSPS) is 15.6. The van der Waals surface area contributed by atoms with Crippen molar-refractivity contribution < 1.29 is 19.0 Å². The second-order valence-electron chi connectivity index (χ2n) is 7.33. The molecule has 0 bridgehead atoms. The standard InChI is InChI=1S/C25H24N2O5S/c1-5-32-24(29)21-15(2)26-25-27(22(21)17-11-12-18(30-3)19(14-17)31-4)23(28)20(33-25)13-16-9-7-6-8-10-16/h6-14,22H,5H2,1-4H3/t22-/m0/s1. The summed E-state index contributed by atoms with van der Waals surface area (Å²) in [4.78, 5) is 31.6. The van der Waals surface area contributed by atoms with Crippen LogP contribution in [0.1, 0.15) is 31.0 Å². The molecule has 1 aromatic heterocycles. The van der Waals surface area contributed by atoms with E-state index in [2.05, 4.69) is 4.99 Å². The molecule has 0 radical (unpaired) electrons. The van der Waals surface area contributed by atoms with Crippen LogP contribution in [0.5, 0.6) is 11.5 Å². The highest BCUT2D eigenvalue weighted by Gasteiger charge is 2.33.